The predicted octanol–water partition coefficient (Wildman–Crippen LogP) is 6.02. The summed E-state index contributed by atoms with van der Waals surface area (Å²) in [4.78, 5) is 38.4. The Morgan fingerprint density at radius 2 is 1.73 bits per heavy atom. The lowest BCUT2D eigenvalue weighted by molar-refractivity contribution is -0.127. The van der Waals surface area contributed by atoms with Crippen LogP contribution in [0, 0.1) is 13.8 Å². The third-order valence-electron chi connectivity index (χ3n) is 5.26. The van der Waals surface area contributed by atoms with Crippen molar-refractivity contribution in [2.45, 2.75) is 33.8 Å². The minimum absolute atomic E-state index is 0.237. The second-order valence-electron chi connectivity index (χ2n) is 7.82. The van der Waals surface area contributed by atoms with Gasteiger partial charge in [-0.2, -0.15) is 5.10 Å². The Bertz CT molecular complexity index is 1320. The molecule has 0 aliphatic heterocycles. The molecule has 0 spiro atoms. The van der Waals surface area contributed by atoms with E-state index in [1.165, 1.54) is 17.6 Å². The quantitative estimate of drug-likeness (QED) is 0.189. The van der Waals surface area contributed by atoms with Gasteiger partial charge in [-0.15, -0.1) is 11.3 Å². The smallest absolute Gasteiger partial charge is 0.341 e. The molecule has 0 bridgehead atoms. The van der Waals surface area contributed by atoms with Crippen LogP contribution in [0.5, 0.6) is 5.75 Å². The van der Waals surface area contributed by atoms with Crippen LogP contribution < -0.4 is 15.5 Å². The molecule has 0 aliphatic rings. The summed E-state index contributed by atoms with van der Waals surface area (Å²) in [5.41, 5.74) is 4.34. The van der Waals surface area contributed by atoms with Crippen molar-refractivity contribution in [3.63, 3.8) is 0 Å². The van der Waals surface area contributed by atoms with Gasteiger partial charge in [0.1, 0.15) is 10.8 Å². The number of rotatable bonds is 9. The first-order valence-corrected chi connectivity index (χ1v) is 12.8. The highest BCUT2D eigenvalue weighted by Crippen LogP contribution is 2.33. The average Bonchev–Trinajstić information content (AvgIpc) is 3.13. The highest BCUT2D eigenvalue weighted by atomic mass is 35.5. The number of halogens is 2. The summed E-state index contributed by atoms with van der Waals surface area (Å²) in [6, 6.07) is 11.3. The zero-order chi connectivity index (χ0) is 27.1. The fourth-order valence-corrected chi connectivity index (χ4v) is 4.71. The Hall–Kier alpha value is -3.40. The van der Waals surface area contributed by atoms with E-state index < -0.39 is 23.9 Å². The maximum Gasteiger partial charge on any atom is 0.341 e. The van der Waals surface area contributed by atoms with Crippen LogP contribution in [0.2, 0.25) is 10.0 Å². The van der Waals surface area contributed by atoms with Crippen molar-refractivity contribution >= 4 is 63.5 Å². The number of carbonyl (C=O) groups excluding carboxylic acids is 3. The van der Waals surface area contributed by atoms with Crippen molar-refractivity contribution in [2.75, 3.05) is 11.9 Å². The van der Waals surface area contributed by atoms with Crippen LogP contribution in [0.1, 0.15) is 50.6 Å². The summed E-state index contributed by atoms with van der Waals surface area (Å²) < 4.78 is 10.8. The molecule has 37 heavy (non-hydrogen) atoms. The maximum absolute atomic E-state index is 12.8. The first kappa shape index (κ1) is 28.2. The molecule has 0 saturated heterocycles. The van der Waals surface area contributed by atoms with Gasteiger partial charge >= 0.3 is 5.97 Å². The Morgan fingerprint density at radius 1 is 1.08 bits per heavy atom. The molecule has 1 heterocycles. The second kappa shape index (κ2) is 12.7. The average molecular weight is 562 g/mol. The third-order valence-corrected chi connectivity index (χ3v) is 7.04. The molecule has 11 heteroatoms. The molecule has 2 aromatic carbocycles. The number of hydrazone groups is 1. The SMILES string of the molecule is CCOC(=O)c1c(NC(=O)c2ccc(O[C@@H](C)C(=O)N/N=C\c3c(Cl)cccc3Cl)cc2)sc(C)c1C. The molecule has 0 fully saturated rings. The number of thiophene rings is 1. The van der Waals surface area contributed by atoms with Crippen LogP contribution in [-0.4, -0.2) is 36.7 Å². The molecular weight excluding hydrogens is 537 g/mol. The topological polar surface area (TPSA) is 106 Å². The lowest BCUT2D eigenvalue weighted by Gasteiger charge is -2.13. The van der Waals surface area contributed by atoms with Gasteiger partial charge in [0.15, 0.2) is 6.10 Å². The molecule has 1 atom stereocenters. The number of nitrogens with zero attached hydrogens (tertiary/aromatic N) is 1. The summed E-state index contributed by atoms with van der Waals surface area (Å²) in [6.07, 6.45) is 0.481. The monoisotopic (exact) mass is 561 g/mol. The lowest BCUT2D eigenvalue weighted by atomic mass is 10.1. The number of benzene rings is 2. The first-order chi connectivity index (χ1) is 17.6. The molecule has 194 valence electrons. The number of nitrogens with one attached hydrogen (secondary N) is 2. The van der Waals surface area contributed by atoms with Crippen LogP contribution in [0.15, 0.2) is 47.6 Å². The highest BCUT2D eigenvalue weighted by Gasteiger charge is 2.22. The fourth-order valence-electron chi connectivity index (χ4n) is 3.17. The fraction of sp³-hybridized carbons (Fsp3) is 0.231. The van der Waals surface area contributed by atoms with E-state index in [2.05, 4.69) is 15.8 Å². The van der Waals surface area contributed by atoms with Gasteiger partial charge in [0.05, 0.1) is 28.4 Å². The van der Waals surface area contributed by atoms with Crippen LogP contribution in [0.3, 0.4) is 0 Å². The Balaban J connectivity index is 1.60. The number of amides is 2. The van der Waals surface area contributed by atoms with Gasteiger partial charge in [-0.3, -0.25) is 9.59 Å². The summed E-state index contributed by atoms with van der Waals surface area (Å²) in [6.45, 7) is 7.21. The van der Waals surface area contributed by atoms with Crippen molar-refractivity contribution in [1.82, 2.24) is 5.43 Å². The molecule has 0 aliphatic carbocycles. The van der Waals surface area contributed by atoms with E-state index in [4.69, 9.17) is 32.7 Å². The van der Waals surface area contributed by atoms with E-state index in [0.29, 0.717) is 37.5 Å². The van der Waals surface area contributed by atoms with E-state index in [1.807, 2.05) is 13.8 Å². The van der Waals surface area contributed by atoms with Gasteiger partial charge in [-0.05, 0) is 69.7 Å². The van der Waals surface area contributed by atoms with E-state index in [1.54, 1.807) is 56.3 Å². The molecule has 3 aromatic rings. The number of aryl methyl sites for hydroxylation is 1. The summed E-state index contributed by atoms with van der Waals surface area (Å²) in [5.74, 6) is -0.977. The molecule has 2 amide bonds. The van der Waals surface area contributed by atoms with Crippen LogP contribution >= 0.6 is 34.5 Å². The maximum atomic E-state index is 12.8. The van der Waals surface area contributed by atoms with Crippen molar-refractivity contribution < 1.29 is 23.9 Å². The van der Waals surface area contributed by atoms with Crippen molar-refractivity contribution in [1.29, 1.82) is 0 Å². The van der Waals surface area contributed by atoms with Gasteiger partial charge in [0.2, 0.25) is 0 Å². The van der Waals surface area contributed by atoms with Gasteiger partial charge in [0.25, 0.3) is 11.8 Å². The summed E-state index contributed by atoms with van der Waals surface area (Å²) in [5, 5.41) is 7.91. The molecule has 1 aromatic heterocycles. The van der Waals surface area contributed by atoms with Gasteiger partial charge in [-0.25, -0.2) is 10.2 Å². The Labute approximate surface area is 228 Å². The molecule has 8 nitrogen and oxygen atoms in total. The number of ether oxygens (including phenoxy) is 2. The summed E-state index contributed by atoms with van der Waals surface area (Å²) >= 11 is 13.5. The van der Waals surface area contributed by atoms with Gasteiger partial charge in [0, 0.05) is 16.0 Å². The number of anilines is 1. The van der Waals surface area contributed by atoms with E-state index in [0.717, 1.165) is 10.4 Å². The number of carbonyl (C=O) groups is 3. The summed E-state index contributed by atoms with van der Waals surface area (Å²) in [7, 11) is 0. The predicted molar refractivity (Wildman–Crippen MR) is 146 cm³/mol. The molecule has 0 saturated carbocycles. The zero-order valence-corrected chi connectivity index (χ0v) is 22.9. The number of hydrogen-bond acceptors (Lipinski definition) is 7. The van der Waals surface area contributed by atoms with Crippen molar-refractivity contribution in [3.8, 4) is 5.75 Å². The highest BCUT2D eigenvalue weighted by molar-refractivity contribution is 7.16. The number of esters is 1. The van der Waals surface area contributed by atoms with Crippen molar-refractivity contribution in [2.24, 2.45) is 5.10 Å². The van der Waals surface area contributed by atoms with E-state index in [9.17, 15) is 14.4 Å². The lowest BCUT2D eigenvalue weighted by Crippen LogP contribution is -2.33. The molecule has 0 radical (unpaired) electrons. The van der Waals surface area contributed by atoms with Crippen molar-refractivity contribution in [3.05, 3.63) is 79.6 Å². The molecule has 2 N–H and O–H groups in total. The minimum atomic E-state index is -0.872. The Kier molecular flexibility index (Phi) is 9.68. The first-order valence-electron chi connectivity index (χ1n) is 11.2. The zero-order valence-electron chi connectivity index (χ0n) is 20.6. The van der Waals surface area contributed by atoms with Crippen LogP contribution in [-0.2, 0) is 9.53 Å². The van der Waals surface area contributed by atoms with Crippen LogP contribution in [0.4, 0.5) is 5.00 Å². The molecule has 3 rings (SSSR count). The van der Waals surface area contributed by atoms with E-state index in [-0.39, 0.29) is 6.61 Å². The molecule has 0 unspecified atom stereocenters. The number of hydrogen-bond donors (Lipinski definition) is 2. The normalized spacial score (nSPS) is 11.7. The molecular formula is C26H25Cl2N3O5S. The van der Waals surface area contributed by atoms with Gasteiger partial charge in [-0.1, -0.05) is 29.3 Å². The van der Waals surface area contributed by atoms with Crippen LogP contribution in [0.25, 0.3) is 0 Å². The van der Waals surface area contributed by atoms with E-state index >= 15 is 0 Å². The second-order valence-corrected chi connectivity index (χ2v) is 9.86. The Morgan fingerprint density at radius 3 is 2.35 bits per heavy atom. The van der Waals surface area contributed by atoms with Gasteiger partial charge < -0.3 is 14.8 Å². The third kappa shape index (κ3) is 7.09. The largest absolute Gasteiger partial charge is 0.481 e. The minimum Gasteiger partial charge on any atom is -0.481 e. The standard InChI is InChI=1S/C26H25Cl2N3O5S/c1-5-35-26(34)22-14(2)16(4)37-25(22)30-24(33)17-9-11-18(12-10-17)36-15(3)23(32)31-29-13-19-20(27)7-6-8-21(19)28/h6-13,15H,5H2,1-4H3,(H,30,33)(H,31,32)/b29-13-/t15-/m0/s1.